The van der Waals surface area contributed by atoms with E-state index in [1.165, 1.54) is 32.1 Å². The first-order chi connectivity index (χ1) is 7.29. The quantitative estimate of drug-likeness (QED) is 0.656. The van der Waals surface area contributed by atoms with E-state index in [4.69, 9.17) is 0 Å². The van der Waals surface area contributed by atoms with Crippen LogP contribution in [0.1, 0.15) is 57.8 Å². The van der Waals surface area contributed by atoms with Gasteiger partial charge in [-0.05, 0) is 37.5 Å². The summed E-state index contributed by atoms with van der Waals surface area (Å²) < 4.78 is 0. The molecule has 0 saturated heterocycles. The van der Waals surface area contributed by atoms with Crippen LogP contribution in [0.4, 0.5) is 0 Å². The average molecular weight is 212 g/mol. The Morgan fingerprint density at radius 2 is 0.933 bits per heavy atom. The number of hydrogen-bond acceptors (Lipinski definition) is 2. The molecular formula is C13H24O2. The standard InChI is InChI=1S/C13H24O2/c14-12-8-3-1-2-6-10(12)11-7-4-5-9-13(11)15/h10-15H,1-9H2. The fourth-order valence-electron chi connectivity index (χ4n) is 3.46. The van der Waals surface area contributed by atoms with E-state index in [0.717, 1.165) is 25.7 Å². The fourth-order valence-corrected chi connectivity index (χ4v) is 3.46. The molecule has 2 fully saturated rings. The van der Waals surface area contributed by atoms with Crippen LogP contribution in [0.2, 0.25) is 0 Å². The van der Waals surface area contributed by atoms with Gasteiger partial charge in [0.1, 0.15) is 0 Å². The number of aliphatic hydroxyl groups is 2. The fraction of sp³-hybridized carbons (Fsp3) is 1.00. The van der Waals surface area contributed by atoms with Crippen molar-refractivity contribution in [2.75, 3.05) is 0 Å². The Bertz CT molecular complexity index is 193. The van der Waals surface area contributed by atoms with Gasteiger partial charge in [-0.15, -0.1) is 0 Å². The summed E-state index contributed by atoms with van der Waals surface area (Å²) in [5, 5.41) is 20.1. The van der Waals surface area contributed by atoms with E-state index in [1.54, 1.807) is 0 Å². The average Bonchev–Trinajstić information content (AvgIpc) is 2.44. The highest BCUT2D eigenvalue weighted by molar-refractivity contribution is 4.85. The summed E-state index contributed by atoms with van der Waals surface area (Å²) in [5.41, 5.74) is 0. The van der Waals surface area contributed by atoms with Gasteiger partial charge in [-0.3, -0.25) is 0 Å². The Kier molecular flexibility index (Phi) is 4.04. The van der Waals surface area contributed by atoms with Gasteiger partial charge in [0, 0.05) is 0 Å². The lowest BCUT2D eigenvalue weighted by Gasteiger charge is -2.36. The van der Waals surface area contributed by atoms with Crippen molar-refractivity contribution >= 4 is 0 Å². The number of hydrogen-bond donors (Lipinski definition) is 2. The lowest BCUT2D eigenvalue weighted by Crippen LogP contribution is -2.36. The van der Waals surface area contributed by atoms with Crippen LogP contribution in [0.5, 0.6) is 0 Å². The summed E-state index contributed by atoms with van der Waals surface area (Å²) in [5.74, 6) is 0.759. The lowest BCUT2D eigenvalue weighted by atomic mass is 9.74. The van der Waals surface area contributed by atoms with E-state index in [9.17, 15) is 10.2 Å². The van der Waals surface area contributed by atoms with Gasteiger partial charge in [0.2, 0.25) is 0 Å². The Morgan fingerprint density at radius 3 is 1.53 bits per heavy atom. The molecule has 2 saturated carbocycles. The molecule has 0 amide bonds. The van der Waals surface area contributed by atoms with Crippen LogP contribution in [0.15, 0.2) is 0 Å². The smallest absolute Gasteiger partial charge is 0.0572 e. The Balaban J connectivity index is 1.98. The first-order valence-electron chi connectivity index (χ1n) is 6.65. The van der Waals surface area contributed by atoms with Crippen LogP contribution >= 0.6 is 0 Å². The summed E-state index contributed by atoms with van der Waals surface area (Å²) in [6.45, 7) is 0. The maximum atomic E-state index is 10.1. The molecule has 0 spiro atoms. The molecule has 2 N–H and O–H groups in total. The van der Waals surface area contributed by atoms with Gasteiger partial charge < -0.3 is 10.2 Å². The Labute approximate surface area is 92.7 Å². The molecule has 88 valence electrons. The summed E-state index contributed by atoms with van der Waals surface area (Å²) in [7, 11) is 0. The van der Waals surface area contributed by atoms with Crippen LogP contribution in [0, 0.1) is 11.8 Å². The van der Waals surface area contributed by atoms with E-state index in [1.807, 2.05) is 0 Å². The minimum Gasteiger partial charge on any atom is -0.393 e. The third-order valence-electron chi connectivity index (χ3n) is 4.36. The van der Waals surface area contributed by atoms with Crippen LogP contribution in [0.3, 0.4) is 0 Å². The van der Waals surface area contributed by atoms with Gasteiger partial charge in [-0.2, -0.15) is 0 Å². The first kappa shape index (κ1) is 11.4. The molecule has 2 aliphatic rings. The molecule has 2 heteroatoms. The highest BCUT2D eigenvalue weighted by Crippen LogP contribution is 2.37. The summed E-state index contributed by atoms with van der Waals surface area (Å²) in [6, 6.07) is 0. The van der Waals surface area contributed by atoms with Crippen molar-refractivity contribution in [1.82, 2.24) is 0 Å². The zero-order valence-corrected chi connectivity index (χ0v) is 9.57. The normalized spacial score (nSPS) is 43.6. The highest BCUT2D eigenvalue weighted by Gasteiger charge is 2.34. The van der Waals surface area contributed by atoms with Crippen molar-refractivity contribution in [2.24, 2.45) is 11.8 Å². The molecule has 4 atom stereocenters. The van der Waals surface area contributed by atoms with Gasteiger partial charge in [-0.25, -0.2) is 0 Å². The Morgan fingerprint density at radius 1 is 0.533 bits per heavy atom. The zero-order valence-electron chi connectivity index (χ0n) is 9.57. The third-order valence-corrected chi connectivity index (χ3v) is 4.36. The number of rotatable bonds is 1. The van der Waals surface area contributed by atoms with Crippen molar-refractivity contribution in [1.29, 1.82) is 0 Å². The minimum atomic E-state index is -0.148. The van der Waals surface area contributed by atoms with Crippen LogP contribution in [-0.2, 0) is 0 Å². The molecule has 0 aromatic heterocycles. The minimum absolute atomic E-state index is 0.142. The molecule has 0 aromatic rings. The monoisotopic (exact) mass is 212 g/mol. The van der Waals surface area contributed by atoms with Crippen molar-refractivity contribution < 1.29 is 10.2 Å². The predicted octanol–water partition coefficient (Wildman–Crippen LogP) is 2.48. The molecule has 15 heavy (non-hydrogen) atoms. The molecule has 0 aromatic carbocycles. The molecule has 0 bridgehead atoms. The van der Waals surface area contributed by atoms with Crippen molar-refractivity contribution in [3.05, 3.63) is 0 Å². The Hall–Kier alpha value is -0.0800. The second-order valence-electron chi connectivity index (χ2n) is 5.38. The van der Waals surface area contributed by atoms with Crippen LogP contribution in [-0.4, -0.2) is 22.4 Å². The van der Waals surface area contributed by atoms with Gasteiger partial charge in [0.15, 0.2) is 0 Å². The molecular weight excluding hydrogens is 188 g/mol. The van der Waals surface area contributed by atoms with Crippen LogP contribution in [0.25, 0.3) is 0 Å². The number of aliphatic hydroxyl groups excluding tert-OH is 2. The van der Waals surface area contributed by atoms with E-state index in [2.05, 4.69) is 0 Å². The van der Waals surface area contributed by atoms with Crippen molar-refractivity contribution in [2.45, 2.75) is 70.0 Å². The zero-order chi connectivity index (χ0) is 10.7. The van der Waals surface area contributed by atoms with E-state index >= 15 is 0 Å². The largest absolute Gasteiger partial charge is 0.393 e. The second-order valence-corrected chi connectivity index (χ2v) is 5.38. The van der Waals surface area contributed by atoms with Gasteiger partial charge in [0.05, 0.1) is 12.2 Å². The van der Waals surface area contributed by atoms with Gasteiger partial charge in [-0.1, -0.05) is 32.1 Å². The summed E-state index contributed by atoms with van der Waals surface area (Å²) in [6.07, 6.45) is 9.95. The molecule has 2 rings (SSSR count). The van der Waals surface area contributed by atoms with Crippen molar-refractivity contribution in [3.8, 4) is 0 Å². The first-order valence-corrected chi connectivity index (χ1v) is 6.65. The van der Waals surface area contributed by atoms with Crippen molar-refractivity contribution in [3.63, 3.8) is 0 Å². The van der Waals surface area contributed by atoms with Gasteiger partial charge in [0.25, 0.3) is 0 Å². The summed E-state index contributed by atoms with van der Waals surface area (Å²) >= 11 is 0. The van der Waals surface area contributed by atoms with Crippen LogP contribution < -0.4 is 0 Å². The highest BCUT2D eigenvalue weighted by atomic mass is 16.3. The molecule has 0 aliphatic heterocycles. The second kappa shape index (κ2) is 5.31. The topological polar surface area (TPSA) is 40.5 Å². The molecule has 4 unspecified atom stereocenters. The molecule has 0 heterocycles. The van der Waals surface area contributed by atoms with Gasteiger partial charge >= 0.3 is 0 Å². The predicted molar refractivity (Wildman–Crippen MR) is 60.5 cm³/mol. The molecule has 2 nitrogen and oxygen atoms in total. The van der Waals surface area contributed by atoms with E-state index < -0.39 is 0 Å². The maximum Gasteiger partial charge on any atom is 0.0572 e. The molecule has 2 aliphatic carbocycles. The molecule has 0 radical (unpaired) electrons. The SMILES string of the molecule is OC1CCCCCC1C1CCCCC1O. The third kappa shape index (κ3) is 2.73. The maximum absolute atomic E-state index is 10.1. The van der Waals surface area contributed by atoms with E-state index in [-0.39, 0.29) is 12.2 Å². The van der Waals surface area contributed by atoms with E-state index in [0.29, 0.717) is 11.8 Å². The lowest BCUT2D eigenvalue weighted by molar-refractivity contribution is -0.0173. The summed E-state index contributed by atoms with van der Waals surface area (Å²) in [4.78, 5) is 0.